The summed E-state index contributed by atoms with van der Waals surface area (Å²) in [6.07, 6.45) is 2.88. The first-order chi connectivity index (χ1) is 9.78. The first-order valence-electron chi connectivity index (χ1n) is 6.51. The number of thiazole rings is 1. The predicted molar refractivity (Wildman–Crippen MR) is 88.5 cm³/mol. The Balaban J connectivity index is 1.86. The van der Waals surface area contributed by atoms with E-state index in [1.807, 2.05) is 18.2 Å². The molecule has 2 nitrogen and oxygen atoms in total. The molecule has 2 aromatic carbocycles. The summed E-state index contributed by atoms with van der Waals surface area (Å²) in [7, 11) is 0. The van der Waals surface area contributed by atoms with Crippen LogP contribution in [-0.4, -0.2) is 11.2 Å². The normalized spacial score (nSPS) is 12.7. The third-order valence-corrected chi connectivity index (χ3v) is 5.14. The average molecular weight is 300 g/mol. The van der Waals surface area contributed by atoms with Gasteiger partial charge in [0.2, 0.25) is 0 Å². The molecule has 1 atom stereocenters. The van der Waals surface area contributed by atoms with Gasteiger partial charge < -0.3 is 5.73 Å². The second-order valence-electron chi connectivity index (χ2n) is 4.63. The van der Waals surface area contributed by atoms with Crippen molar-refractivity contribution >= 4 is 33.3 Å². The van der Waals surface area contributed by atoms with E-state index in [0.29, 0.717) is 0 Å². The first-order valence-corrected chi connectivity index (χ1v) is 8.55. The molecule has 1 aromatic heterocycles. The SMILES string of the molecule is CSc1ccccc1C(N)Cc1nc2ccccc2s1. The van der Waals surface area contributed by atoms with Crippen LogP contribution in [0.4, 0.5) is 0 Å². The van der Waals surface area contributed by atoms with Gasteiger partial charge in [0.15, 0.2) is 0 Å². The van der Waals surface area contributed by atoms with Crippen molar-refractivity contribution in [3.63, 3.8) is 0 Å². The van der Waals surface area contributed by atoms with E-state index < -0.39 is 0 Å². The predicted octanol–water partition coefficient (Wildman–Crippen LogP) is 4.26. The van der Waals surface area contributed by atoms with E-state index in [2.05, 4.69) is 41.6 Å². The fraction of sp³-hybridized carbons (Fsp3) is 0.188. The van der Waals surface area contributed by atoms with Crippen LogP contribution in [-0.2, 0) is 6.42 Å². The summed E-state index contributed by atoms with van der Waals surface area (Å²) < 4.78 is 1.23. The van der Waals surface area contributed by atoms with Gasteiger partial charge in [0.05, 0.1) is 15.2 Å². The van der Waals surface area contributed by atoms with Crippen LogP contribution in [0.5, 0.6) is 0 Å². The molecule has 102 valence electrons. The summed E-state index contributed by atoms with van der Waals surface area (Å²) >= 11 is 3.48. The molecule has 3 aromatic rings. The minimum atomic E-state index is -0.000729. The van der Waals surface area contributed by atoms with Crippen molar-refractivity contribution in [1.29, 1.82) is 0 Å². The first kappa shape index (κ1) is 13.6. The molecule has 20 heavy (non-hydrogen) atoms. The minimum absolute atomic E-state index is 0.000729. The second-order valence-corrected chi connectivity index (χ2v) is 6.59. The topological polar surface area (TPSA) is 38.9 Å². The van der Waals surface area contributed by atoms with Gasteiger partial charge in [-0.15, -0.1) is 23.1 Å². The number of hydrogen-bond acceptors (Lipinski definition) is 4. The molecule has 0 amide bonds. The Morgan fingerprint density at radius 1 is 1.15 bits per heavy atom. The van der Waals surface area contributed by atoms with Crippen LogP contribution in [0.3, 0.4) is 0 Å². The highest BCUT2D eigenvalue weighted by Gasteiger charge is 2.13. The van der Waals surface area contributed by atoms with Crippen molar-refractivity contribution in [2.24, 2.45) is 5.73 Å². The Morgan fingerprint density at radius 3 is 2.70 bits per heavy atom. The van der Waals surface area contributed by atoms with Crippen molar-refractivity contribution in [2.75, 3.05) is 6.26 Å². The highest BCUT2D eigenvalue weighted by molar-refractivity contribution is 7.98. The monoisotopic (exact) mass is 300 g/mol. The van der Waals surface area contributed by atoms with Gasteiger partial charge in [0.25, 0.3) is 0 Å². The molecular weight excluding hydrogens is 284 g/mol. The van der Waals surface area contributed by atoms with E-state index in [9.17, 15) is 0 Å². The van der Waals surface area contributed by atoms with Crippen molar-refractivity contribution in [3.05, 3.63) is 59.1 Å². The molecule has 0 saturated carbocycles. The maximum atomic E-state index is 6.38. The molecule has 1 heterocycles. The van der Waals surface area contributed by atoms with Gasteiger partial charge in [0, 0.05) is 17.4 Å². The Morgan fingerprint density at radius 2 is 1.90 bits per heavy atom. The molecule has 0 aliphatic rings. The number of hydrogen-bond donors (Lipinski definition) is 1. The second kappa shape index (κ2) is 5.95. The Hall–Kier alpha value is -1.36. The summed E-state index contributed by atoms with van der Waals surface area (Å²) in [5.41, 5.74) is 8.65. The lowest BCUT2D eigenvalue weighted by Gasteiger charge is -2.13. The van der Waals surface area contributed by atoms with Crippen LogP contribution in [0, 0.1) is 0 Å². The lowest BCUT2D eigenvalue weighted by atomic mass is 10.1. The van der Waals surface area contributed by atoms with Crippen molar-refractivity contribution in [1.82, 2.24) is 4.98 Å². The molecule has 3 rings (SSSR count). The maximum absolute atomic E-state index is 6.38. The molecule has 2 N–H and O–H groups in total. The van der Waals surface area contributed by atoms with Crippen LogP contribution in [0.15, 0.2) is 53.4 Å². The van der Waals surface area contributed by atoms with Crippen LogP contribution >= 0.6 is 23.1 Å². The van der Waals surface area contributed by atoms with Crippen molar-refractivity contribution in [3.8, 4) is 0 Å². The van der Waals surface area contributed by atoms with Gasteiger partial charge in [-0.1, -0.05) is 30.3 Å². The number of benzene rings is 2. The van der Waals surface area contributed by atoms with Gasteiger partial charge in [-0.3, -0.25) is 0 Å². The van der Waals surface area contributed by atoms with Gasteiger partial charge in [-0.25, -0.2) is 4.98 Å². The molecule has 4 heteroatoms. The van der Waals surface area contributed by atoms with Gasteiger partial charge in [-0.05, 0) is 30.0 Å². The largest absolute Gasteiger partial charge is 0.324 e. The van der Waals surface area contributed by atoms with Crippen LogP contribution in [0.1, 0.15) is 16.6 Å². The number of aromatic nitrogens is 1. The molecular formula is C16H16N2S2. The number of nitrogens with zero attached hydrogens (tertiary/aromatic N) is 1. The minimum Gasteiger partial charge on any atom is -0.324 e. The highest BCUT2D eigenvalue weighted by atomic mass is 32.2. The van der Waals surface area contributed by atoms with Crippen LogP contribution in [0.2, 0.25) is 0 Å². The Bertz CT molecular complexity index is 688. The third kappa shape index (κ3) is 2.73. The smallest absolute Gasteiger partial charge is 0.0957 e. The third-order valence-electron chi connectivity index (χ3n) is 3.27. The molecule has 0 aliphatic heterocycles. The number of para-hydroxylation sites is 1. The number of fused-ring (bicyclic) bond motifs is 1. The molecule has 0 saturated heterocycles. The van der Waals surface area contributed by atoms with Crippen molar-refractivity contribution in [2.45, 2.75) is 17.4 Å². The van der Waals surface area contributed by atoms with Gasteiger partial charge in [-0.2, -0.15) is 0 Å². The van der Waals surface area contributed by atoms with Gasteiger partial charge >= 0.3 is 0 Å². The highest BCUT2D eigenvalue weighted by Crippen LogP contribution is 2.29. The van der Waals surface area contributed by atoms with E-state index in [1.54, 1.807) is 23.1 Å². The quantitative estimate of drug-likeness (QED) is 0.732. The zero-order valence-electron chi connectivity index (χ0n) is 11.2. The number of thioether (sulfide) groups is 1. The molecule has 0 spiro atoms. The van der Waals surface area contributed by atoms with Gasteiger partial charge in [0.1, 0.15) is 0 Å². The number of nitrogens with two attached hydrogens (primary N) is 1. The van der Waals surface area contributed by atoms with Crippen LogP contribution < -0.4 is 5.73 Å². The lowest BCUT2D eigenvalue weighted by Crippen LogP contribution is -2.14. The summed E-state index contributed by atoms with van der Waals surface area (Å²) in [6, 6.07) is 16.6. The standard InChI is InChI=1S/C16H16N2S2/c1-19-14-8-4-2-6-11(14)12(17)10-16-18-13-7-3-5-9-15(13)20-16/h2-9,12H,10,17H2,1H3. The zero-order valence-corrected chi connectivity index (χ0v) is 12.9. The molecule has 0 aliphatic carbocycles. The van der Waals surface area contributed by atoms with Crippen LogP contribution in [0.25, 0.3) is 10.2 Å². The molecule has 0 fully saturated rings. The fourth-order valence-electron chi connectivity index (χ4n) is 2.28. The molecule has 0 bridgehead atoms. The molecule has 1 unspecified atom stereocenters. The zero-order chi connectivity index (χ0) is 13.9. The van der Waals surface area contributed by atoms with Crippen molar-refractivity contribution < 1.29 is 0 Å². The summed E-state index contributed by atoms with van der Waals surface area (Å²) in [4.78, 5) is 5.92. The average Bonchev–Trinajstić information content (AvgIpc) is 2.89. The van der Waals surface area contributed by atoms with E-state index >= 15 is 0 Å². The molecule has 0 radical (unpaired) electrons. The Labute approximate surface area is 127 Å². The summed E-state index contributed by atoms with van der Waals surface area (Å²) in [5, 5.41) is 1.11. The lowest BCUT2D eigenvalue weighted by molar-refractivity contribution is 0.705. The van der Waals surface area contributed by atoms with E-state index in [1.165, 1.54) is 15.2 Å². The van der Waals surface area contributed by atoms with E-state index in [-0.39, 0.29) is 6.04 Å². The maximum Gasteiger partial charge on any atom is 0.0957 e. The van der Waals surface area contributed by atoms with E-state index in [4.69, 9.17) is 5.73 Å². The number of rotatable bonds is 4. The van der Waals surface area contributed by atoms with E-state index in [0.717, 1.165) is 16.9 Å². The fourth-order valence-corrected chi connectivity index (χ4v) is 3.97. The summed E-state index contributed by atoms with van der Waals surface area (Å²) in [5.74, 6) is 0. The summed E-state index contributed by atoms with van der Waals surface area (Å²) in [6.45, 7) is 0. The Kier molecular flexibility index (Phi) is 4.05.